The molecule has 0 bridgehead atoms. The van der Waals surface area contributed by atoms with Crippen molar-refractivity contribution in [1.82, 2.24) is 0 Å². The van der Waals surface area contributed by atoms with Crippen molar-refractivity contribution in [2.24, 2.45) is 0 Å². The van der Waals surface area contributed by atoms with E-state index >= 15 is 0 Å². The molecule has 0 aromatic heterocycles. The average molecular weight is 620 g/mol. The topological polar surface area (TPSA) is 86.7 Å². The summed E-state index contributed by atoms with van der Waals surface area (Å²) in [4.78, 5) is 40.5. The van der Waals surface area contributed by atoms with E-state index in [2.05, 4.69) is 5.32 Å². The van der Waals surface area contributed by atoms with E-state index in [-0.39, 0.29) is 26.7 Å². The molecule has 11 heteroatoms. The van der Waals surface area contributed by atoms with Crippen LogP contribution in [0.3, 0.4) is 0 Å². The van der Waals surface area contributed by atoms with Crippen LogP contribution in [0.5, 0.6) is 0 Å². The van der Waals surface area contributed by atoms with Gasteiger partial charge in [0, 0.05) is 22.0 Å². The second-order valence-electron chi connectivity index (χ2n) is 7.98. The Hall–Kier alpha value is -3.20. The molecule has 2 amide bonds. The number of thioether (sulfide) groups is 1. The Morgan fingerprint density at radius 3 is 1.79 bits per heavy atom. The van der Waals surface area contributed by atoms with Crippen LogP contribution < -0.4 is 10.2 Å². The van der Waals surface area contributed by atoms with Crippen LogP contribution in [0.4, 0.5) is 17.1 Å². The van der Waals surface area contributed by atoms with Gasteiger partial charge in [0.25, 0.3) is 5.91 Å². The molecule has 0 fully saturated rings. The number of rotatable bonds is 8. The van der Waals surface area contributed by atoms with Crippen LogP contribution in [0.1, 0.15) is 20.7 Å². The highest BCUT2D eigenvalue weighted by atomic mass is 35.5. The van der Waals surface area contributed by atoms with Crippen molar-refractivity contribution in [2.45, 2.75) is 4.90 Å². The molecule has 6 nitrogen and oxygen atoms in total. The van der Waals surface area contributed by atoms with E-state index in [1.165, 1.54) is 11.8 Å². The third-order valence-corrected chi connectivity index (χ3v) is 8.22. The summed E-state index contributed by atoms with van der Waals surface area (Å²) >= 11 is 25.5. The van der Waals surface area contributed by atoms with E-state index in [0.717, 1.165) is 11.4 Å². The first kappa shape index (κ1) is 28.8. The number of carboxylic acid groups (broad SMARTS) is 1. The van der Waals surface area contributed by atoms with Crippen LogP contribution in [0.15, 0.2) is 89.8 Å². The number of amides is 2. The average Bonchev–Trinajstić information content (AvgIpc) is 2.94. The van der Waals surface area contributed by atoms with Crippen molar-refractivity contribution in [3.8, 4) is 0 Å². The maximum Gasteiger partial charge on any atom is 0.338 e. The molecular formula is C28H18Cl4N2O4S. The third kappa shape index (κ3) is 6.52. The van der Waals surface area contributed by atoms with Crippen LogP contribution in [-0.4, -0.2) is 28.6 Å². The molecule has 198 valence electrons. The minimum Gasteiger partial charge on any atom is -0.478 e. The number of carbonyl (C=O) groups excluding carboxylic acids is 2. The summed E-state index contributed by atoms with van der Waals surface area (Å²) in [6.45, 7) is 0. The van der Waals surface area contributed by atoms with Gasteiger partial charge in [-0.3, -0.25) is 14.5 Å². The number of para-hydroxylation sites is 2. The number of hydrogen-bond donors (Lipinski definition) is 2. The second-order valence-corrected chi connectivity index (χ2v) is 10.5. The lowest BCUT2D eigenvalue weighted by Gasteiger charge is -2.23. The minimum absolute atomic E-state index is 0.110. The molecule has 0 radical (unpaired) electrons. The van der Waals surface area contributed by atoms with Crippen molar-refractivity contribution in [3.05, 3.63) is 116 Å². The van der Waals surface area contributed by atoms with Crippen molar-refractivity contribution < 1.29 is 19.5 Å². The number of carbonyl (C=O) groups is 3. The van der Waals surface area contributed by atoms with Crippen molar-refractivity contribution in [2.75, 3.05) is 16.0 Å². The zero-order valence-corrected chi connectivity index (χ0v) is 23.7. The van der Waals surface area contributed by atoms with Crippen LogP contribution >= 0.6 is 58.2 Å². The van der Waals surface area contributed by atoms with Crippen LogP contribution in [0.25, 0.3) is 0 Å². The smallest absolute Gasteiger partial charge is 0.338 e. The summed E-state index contributed by atoms with van der Waals surface area (Å²) in [7, 11) is 0. The van der Waals surface area contributed by atoms with E-state index in [1.807, 2.05) is 60.7 Å². The fraction of sp³-hybridized carbons (Fsp3) is 0.0357. The highest BCUT2D eigenvalue weighted by Gasteiger charge is 2.29. The molecule has 0 heterocycles. The van der Waals surface area contributed by atoms with Crippen molar-refractivity contribution in [1.29, 1.82) is 0 Å². The summed E-state index contributed by atoms with van der Waals surface area (Å²) in [6.07, 6.45) is 0. The molecule has 0 aliphatic carbocycles. The highest BCUT2D eigenvalue weighted by molar-refractivity contribution is 8.00. The molecule has 0 aliphatic rings. The van der Waals surface area contributed by atoms with Crippen LogP contribution in [-0.2, 0) is 4.79 Å². The SMILES string of the molecule is O=C(O)c1c(Cl)c(Cl)c(Cl)c(Cl)c1C(=O)Nc1cccc(SCC(=O)N(c2ccccc2)c2ccccc2)c1. The summed E-state index contributed by atoms with van der Waals surface area (Å²) in [5.41, 5.74) is 0.836. The number of aromatic carboxylic acids is 1. The molecule has 0 saturated heterocycles. The van der Waals surface area contributed by atoms with Gasteiger partial charge in [0.1, 0.15) is 0 Å². The van der Waals surface area contributed by atoms with Gasteiger partial charge in [-0.25, -0.2) is 4.79 Å². The van der Waals surface area contributed by atoms with Gasteiger partial charge in [0.2, 0.25) is 5.91 Å². The summed E-state index contributed by atoms with van der Waals surface area (Å²) in [6, 6.07) is 25.4. The van der Waals surface area contributed by atoms with Crippen molar-refractivity contribution in [3.63, 3.8) is 0 Å². The summed E-state index contributed by atoms with van der Waals surface area (Å²) in [5.74, 6) is -2.36. The number of nitrogens with zero attached hydrogens (tertiary/aromatic N) is 1. The van der Waals surface area contributed by atoms with Gasteiger partial charge in [0.05, 0.1) is 37.0 Å². The van der Waals surface area contributed by atoms with Crippen molar-refractivity contribution >= 4 is 93.0 Å². The first-order valence-corrected chi connectivity index (χ1v) is 13.7. The Labute approximate surface area is 248 Å². The normalized spacial score (nSPS) is 10.7. The molecule has 4 aromatic carbocycles. The molecular weight excluding hydrogens is 602 g/mol. The Bertz CT molecular complexity index is 1510. The van der Waals surface area contributed by atoms with Crippen LogP contribution in [0.2, 0.25) is 20.1 Å². The molecule has 0 aliphatic heterocycles. The second kappa shape index (κ2) is 12.8. The van der Waals surface area contributed by atoms with Gasteiger partial charge in [-0.15, -0.1) is 11.8 Å². The van der Waals surface area contributed by atoms with Gasteiger partial charge in [0.15, 0.2) is 0 Å². The molecule has 0 atom stereocenters. The number of carboxylic acids is 1. The number of anilines is 3. The predicted molar refractivity (Wildman–Crippen MR) is 159 cm³/mol. The molecule has 0 unspecified atom stereocenters. The fourth-order valence-electron chi connectivity index (χ4n) is 3.70. The molecule has 4 rings (SSSR count). The predicted octanol–water partition coefficient (Wildman–Crippen LogP) is 8.71. The summed E-state index contributed by atoms with van der Waals surface area (Å²) in [5, 5.41) is 11.0. The van der Waals surface area contributed by atoms with Gasteiger partial charge < -0.3 is 10.4 Å². The lowest BCUT2D eigenvalue weighted by atomic mass is 10.1. The lowest BCUT2D eigenvalue weighted by Crippen LogP contribution is -2.27. The molecule has 39 heavy (non-hydrogen) atoms. The zero-order chi connectivity index (χ0) is 28.1. The maximum atomic E-state index is 13.3. The van der Waals surface area contributed by atoms with Gasteiger partial charge in [-0.2, -0.15) is 0 Å². The monoisotopic (exact) mass is 618 g/mol. The lowest BCUT2D eigenvalue weighted by molar-refractivity contribution is -0.115. The van der Waals surface area contributed by atoms with Crippen LogP contribution in [0, 0.1) is 0 Å². The number of hydrogen-bond acceptors (Lipinski definition) is 4. The first-order chi connectivity index (χ1) is 18.7. The number of benzene rings is 4. The van der Waals surface area contributed by atoms with E-state index in [1.54, 1.807) is 29.2 Å². The Balaban J connectivity index is 1.54. The largest absolute Gasteiger partial charge is 0.478 e. The molecule has 0 saturated carbocycles. The fourth-order valence-corrected chi connectivity index (χ4v) is 5.53. The third-order valence-electron chi connectivity index (χ3n) is 5.44. The quantitative estimate of drug-likeness (QED) is 0.117. The molecule has 0 spiro atoms. The minimum atomic E-state index is -1.49. The van der Waals surface area contributed by atoms with Gasteiger partial charge >= 0.3 is 5.97 Å². The Kier molecular flexibility index (Phi) is 9.43. The summed E-state index contributed by atoms with van der Waals surface area (Å²) < 4.78 is 0. The Morgan fingerprint density at radius 1 is 0.718 bits per heavy atom. The van der Waals surface area contributed by atoms with Gasteiger partial charge in [-0.05, 0) is 42.5 Å². The number of halogens is 4. The maximum absolute atomic E-state index is 13.3. The number of nitrogens with one attached hydrogen (secondary N) is 1. The van der Waals surface area contributed by atoms with E-state index in [4.69, 9.17) is 46.4 Å². The van der Waals surface area contributed by atoms with E-state index in [0.29, 0.717) is 10.6 Å². The van der Waals surface area contributed by atoms with Gasteiger partial charge in [-0.1, -0.05) is 88.9 Å². The standard InChI is InChI=1S/C28H18Cl4N2O4S/c29-23-21(22(28(37)38)24(30)26(32)25(23)31)27(36)33-16-8-7-13-19(14-16)39-15-20(35)34(17-9-3-1-4-10-17)18-11-5-2-6-12-18/h1-14H,15H2,(H,33,36)(H,37,38). The highest BCUT2D eigenvalue weighted by Crippen LogP contribution is 2.42. The Morgan fingerprint density at radius 2 is 1.26 bits per heavy atom. The molecule has 4 aromatic rings. The molecule has 2 N–H and O–H groups in total. The van der Waals surface area contributed by atoms with E-state index < -0.39 is 28.0 Å². The van der Waals surface area contributed by atoms with E-state index in [9.17, 15) is 19.5 Å². The first-order valence-electron chi connectivity index (χ1n) is 11.3. The zero-order valence-electron chi connectivity index (χ0n) is 19.8.